The molecule has 112 valence electrons. The Morgan fingerprint density at radius 1 is 1.29 bits per heavy atom. The van der Waals surface area contributed by atoms with Crippen LogP contribution in [0.3, 0.4) is 0 Å². The van der Waals surface area contributed by atoms with Crippen molar-refractivity contribution in [2.45, 2.75) is 11.3 Å². The van der Waals surface area contributed by atoms with Gasteiger partial charge in [0, 0.05) is 5.56 Å². The van der Waals surface area contributed by atoms with Crippen LogP contribution in [0, 0.1) is 0 Å². The molecule has 21 heavy (non-hydrogen) atoms. The monoisotopic (exact) mass is 325 g/mol. The van der Waals surface area contributed by atoms with Crippen molar-refractivity contribution in [3.05, 3.63) is 23.8 Å². The molecule has 2 rings (SSSR count). The van der Waals surface area contributed by atoms with Crippen LogP contribution in [0.1, 0.15) is 17.3 Å². The Hall–Kier alpha value is -1.80. The minimum absolute atomic E-state index is 0.264. The van der Waals surface area contributed by atoms with Crippen LogP contribution in [0.15, 0.2) is 22.5 Å². The molecule has 1 heterocycles. The van der Waals surface area contributed by atoms with E-state index in [1.807, 2.05) is 6.92 Å². The molecule has 0 radical (unpaired) electrons. The first-order valence-corrected chi connectivity index (χ1v) is 7.97. The molecular weight excluding hydrogens is 310 g/mol. The first-order chi connectivity index (χ1) is 10.2. The van der Waals surface area contributed by atoms with Gasteiger partial charge < -0.3 is 9.47 Å². The third-order valence-corrected chi connectivity index (χ3v) is 4.39. The zero-order valence-corrected chi connectivity index (χ0v) is 13.5. The number of methoxy groups -OCH3 is 2. The summed E-state index contributed by atoms with van der Waals surface area (Å²) in [6.45, 7) is 2.04. The van der Waals surface area contributed by atoms with Crippen LogP contribution in [0.5, 0.6) is 11.5 Å². The van der Waals surface area contributed by atoms with Crippen LogP contribution < -0.4 is 14.8 Å². The fourth-order valence-corrected chi connectivity index (χ4v) is 3.23. The second-order valence-corrected chi connectivity index (χ2v) is 6.32. The van der Waals surface area contributed by atoms with Crippen LogP contribution in [-0.4, -0.2) is 36.1 Å². The molecule has 1 amide bonds. The first-order valence-electron chi connectivity index (χ1n) is 6.17. The van der Waals surface area contributed by atoms with Crippen molar-refractivity contribution in [1.29, 1.82) is 0 Å². The molecule has 0 bridgehead atoms. The lowest BCUT2D eigenvalue weighted by Gasteiger charge is -2.08. The van der Waals surface area contributed by atoms with Crippen molar-refractivity contribution in [3.8, 4) is 11.5 Å². The van der Waals surface area contributed by atoms with E-state index in [1.165, 1.54) is 18.4 Å². The lowest BCUT2D eigenvalue weighted by Crippen LogP contribution is -2.11. The molecule has 0 saturated heterocycles. The lowest BCUT2D eigenvalue weighted by molar-refractivity contribution is 0.102. The molecule has 0 unspecified atom stereocenters. The summed E-state index contributed by atoms with van der Waals surface area (Å²) in [4.78, 5) is 12.2. The highest BCUT2D eigenvalue weighted by Gasteiger charge is 2.13. The standard InChI is InChI=1S/C13H15N3O3S2/c1-4-20-13-16-15-12(21-13)14-11(17)8-5-6-9(18-2)10(7-8)19-3/h5-7H,4H2,1-3H3,(H,14,15,17). The molecule has 6 nitrogen and oxygen atoms in total. The number of anilines is 1. The fraction of sp³-hybridized carbons (Fsp3) is 0.308. The molecule has 0 fully saturated rings. The Bertz CT molecular complexity index is 631. The average molecular weight is 325 g/mol. The number of carbonyl (C=O) groups excluding carboxylic acids is 1. The largest absolute Gasteiger partial charge is 0.493 e. The van der Waals surface area contributed by atoms with Gasteiger partial charge in [0.05, 0.1) is 14.2 Å². The number of benzene rings is 1. The molecule has 0 aliphatic heterocycles. The molecule has 0 saturated carbocycles. The Morgan fingerprint density at radius 2 is 2.05 bits per heavy atom. The van der Waals surface area contributed by atoms with Crippen LogP contribution in [-0.2, 0) is 0 Å². The highest BCUT2D eigenvalue weighted by molar-refractivity contribution is 8.01. The summed E-state index contributed by atoms with van der Waals surface area (Å²) in [7, 11) is 3.07. The van der Waals surface area contributed by atoms with Crippen molar-refractivity contribution >= 4 is 34.1 Å². The number of thioether (sulfide) groups is 1. The van der Waals surface area contributed by atoms with Gasteiger partial charge >= 0.3 is 0 Å². The van der Waals surface area contributed by atoms with Crippen LogP contribution >= 0.6 is 23.1 Å². The quantitative estimate of drug-likeness (QED) is 0.650. The number of rotatable bonds is 6. The Balaban J connectivity index is 2.12. The second-order valence-electron chi connectivity index (χ2n) is 3.83. The summed E-state index contributed by atoms with van der Waals surface area (Å²) >= 11 is 2.94. The molecule has 0 aliphatic carbocycles. The van der Waals surface area contributed by atoms with E-state index in [0.29, 0.717) is 22.2 Å². The van der Waals surface area contributed by atoms with Gasteiger partial charge in [-0.15, -0.1) is 10.2 Å². The van der Waals surface area contributed by atoms with E-state index in [9.17, 15) is 4.79 Å². The summed E-state index contributed by atoms with van der Waals surface area (Å²) < 4.78 is 11.2. The molecular formula is C13H15N3O3S2. The van der Waals surface area contributed by atoms with Gasteiger partial charge in [-0.3, -0.25) is 10.1 Å². The fourth-order valence-electron chi connectivity index (χ4n) is 1.59. The minimum Gasteiger partial charge on any atom is -0.493 e. The SMILES string of the molecule is CCSc1nnc(NC(=O)c2ccc(OC)c(OC)c2)s1. The van der Waals surface area contributed by atoms with Gasteiger partial charge in [-0.25, -0.2) is 0 Å². The third kappa shape index (κ3) is 3.85. The predicted molar refractivity (Wildman–Crippen MR) is 83.8 cm³/mol. The maximum absolute atomic E-state index is 12.2. The smallest absolute Gasteiger partial charge is 0.257 e. The number of amides is 1. The van der Waals surface area contributed by atoms with Crippen molar-refractivity contribution < 1.29 is 14.3 Å². The topological polar surface area (TPSA) is 73.3 Å². The van der Waals surface area contributed by atoms with E-state index in [0.717, 1.165) is 10.1 Å². The minimum atomic E-state index is -0.264. The average Bonchev–Trinajstić information content (AvgIpc) is 2.94. The lowest BCUT2D eigenvalue weighted by atomic mass is 10.2. The van der Waals surface area contributed by atoms with E-state index in [4.69, 9.17) is 9.47 Å². The van der Waals surface area contributed by atoms with Crippen LogP contribution in [0.25, 0.3) is 0 Å². The predicted octanol–water partition coefficient (Wildman–Crippen LogP) is 2.92. The highest BCUT2D eigenvalue weighted by atomic mass is 32.2. The molecule has 1 aromatic heterocycles. The maximum atomic E-state index is 12.2. The zero-order chi connectivity index (χ0) is 15.2. The van der Waals surface area contributed by atoms with Crippen molar-refractivity contribution in [1.82, 2.24) is 10.2 Å². The van der Waals surface area contributed by atoms with Gasteiger partial charge in [0.15, 0.2) is 15.8 Å². The second kappa shape index (κ2) is 7.28. The number of ether oxygens (including phenoxy) is 2. The van der Waals surface area contributed by atoms with E-state index in [-0.39, 0.29) is 5.91 Å². The molecule has 0 atom stereocenters. The van der Waals surface area contributed by atoms with E-state index < -0.39 is 0 Å². The van der Waals surface area contributed by atoms with E-state index >= 15 is 0 Å². The molecule has 0 aliphatic rings. The Labute approximate surface area is 130 Å². The van der Waals surface area contributed by atoms with Crippen LogP contribution in [0.4, 0.5) is 5.13 Å². The summed E-state index contributed by atoms with van der Waals surface area (Å²) in [5.74, 6) is 1.73. The van der Waals surface area contributed by atoms with Gasteiger partial charge in [-0.2, -0.15) is 0 Å². The third-order valence-electron chi connectivity index (χ3n) is 2.54. The van der Waals surface area contributed by atoms with Gasteiger partial charge in [-0.05, 0) is 24.0 Å². The van der Waals surface area contributed by atoms with Gasteiger partial charge in [0.1, 0.15) is 0 Å². The molecule has 1 N–H and O–H groups in total. The molecule has 2 aromatic rings. The Morgan fingerprint density at radius 3 is 2.71 bits per heavy atom. The normalized spacial score (nSPS) is 10.2. The van der Waals surface area contributed by atoms with Gasteiger partial charge in [0.25, 0.3) is 5.91 Å². The summed E-state index contributed by atoms with van der Waals surface area (Å²) in [5, 5.41) is 11.1. The summed E-state index contributed by atoms with van der Waals surface area (Å²) in [6, 6.07) is 4.97. The maximum Gasteiger partial charge on any atom is 0.257 e. The van der Waals surface area contributed by atoms with Gasteiger partial charge in [-0.1, -0.05) is 30.0 Å². The number of nitrogens with one attached hydrogen (secondary N) is 1. The van der Waals surface area contributed by atoms with Crippen molar-refractivity contribution in [2.75, 3.05) is 25.3 Å². The highest BCUT2D eigenvalue weighted by Crippen LogP contribution is 2.29. The summed E-state index contributed by atoms with van der Waals surface area (Å²) in [5.41, 5.74) is 0.465. The molecule has 1 aromatic carbocycles. The number of hydrogen-bond acceptors (Lipinski definition) is 7. The number of carbonyl (C=O) groups is 1. The van der Waals surface area contributed by atoms with Crippen molar-refractivity contribution in [3.63, 3.8) is 0 Å². The summed E-state index contributed by atoms with van der Waals surface area (Å²) in [6.07, 6.45) is 0. The zero-order valence-electron chi connectivity index (χ0n) is 11.9. The van der Waals surface area contributed by atoms with E-state index in [2.05, 4.69) is 15.5 Å². The number of nitrogens with zero attached hydrogens (tertiary/aromatic N) is 2. The molecule has 0 spiro atoms. The van der Waals surface area contributed by atoms with E-state index in [1.54, 1.807) is 37.1 Å². The first kappa shape index (κ1) is 15.6. The van der Waals surface area contributed by atoms with Gasteiger partial charge in [0.2, 0.25) is 5.13 Å². The van der Waals surface area contributed by atoms with Crippen molar-refractivity contribution in [2.24, 2.45) is 0 Å². The van der Waals surface area contributed by atoms with Crippen LogP contribution in [0.2, 0.25) is 0 Å². The number of aromatic nitrogens is 2. The number of hydrogen-bond donors (Lipinski definition) is 1. The Kier molecular flexibility index (Phi) is 5.40. The molecule has 8 heteroatoms.